The SMILES string of the molecule is Cc1nc(-c2ccc(N3C(=O)OCC3CS(=O)(=O)O)cc2)no1. The molecule has 0 bridgehead atoms. The van der Waals surface area contributed by atoms with Crippen molar-refractivity contribution < 1.29 is 27.0 Å². The van der Waals surface area contributed by atoms with Gasteiger partial charge in [0.1, 0.15) is 6.61 Å². The number of cyclic esters (lactones) is 1. The first-order chi connectivity index (χ1) is 10.8. The molecule has 10 heteroatoms. The lowest BCUT2D eigenvalue weighted by Crippen LogP contribution is -2.38. The van der Waals surface area contributed by atoms with Crippen LogP contribution in [0.15, 0.2) is 28.8 Å². The van der Waals surface area contributed by atoms with Crippen molar-refractivity contribution in [3.05, 3.63) is 30.2 Å². The van der Waals surface area contributed by atoms with Crippen molar-refractivity contribution in [1.29, 1.82) is 0 Å². The molecule has 1 atom stereocenters. The fourth-order valence-corrected chi connectivity index (χ4v) is 3.06. The number of carbonyl (C=O) groups is 1. The third kappa shape index (κ3) is 3.32. The number of hydrogen-bond acceptors (Lipinski definition) is 7. The Kier molecular flexibility index (Phi) is 3.78. The van der Waals surface area contributed by atoms with E-state index < -0.39 is 28.0 Å². The van der Waals surface area contributed by atoms with E-state index in [0.29, 0.717) is 23.0 Å². The first-order valence-corrected chi connectivity index (χ1v) is 8.26. The number of nitrogens with zero attached hydrogens (tertiary/aromatic N) is 3. The second-order valence-corrected chi connectivity index (χ2v) is 6.53. The molecule has 1 amide bonds. The molecule has 1 fully saturated rings. The van der Waals surface area contributed by atoms with Gasteiger partial charge in [-0.3, -0.25) is 9.45 Å². The molecule has 3 rings (SSSR count). The lowest BCUT2D eigenvalue weighted by molar-refractivity contribution is 0.179. The Morgan fingerprint density at radius 3 is 2.61 bits per heavy atom. The van der Waals surface area contributed by atoms with Gasteiger partial charge in [0.25, 0.3) is 10.1 Å². The molecular formula is C13H13N3O6S. The van der Waals surface area contributed by atoms with Crippen LogP contribution in [-0.4, -0.2) is 47.6 Å². The van der Waals surface area contributed by atoms with Crippen LogP contribution in [0.5, 0.6) is 0 Å². The van der Waals surface area contributed by atoms with Crippen molar-refractivity contribution in [2.24, 2.45) is 0 Å². The van der Waals surface area contributed by atoms with Crippen LogP contribution < -0.4 is 4.90 Å². The zero-order chi connectivity index (χ0) is 16.6. The number of carbonyl (C=O) groups excluding carboxylic acids is 1. The average Bonchev–Trinajstić information content (AvgIpc) is 3.04. The Hall–Kier alpha value is -2.46. The topological polar surface area (TPSA) is 123 Å². The number of amides is 1. The van der Waals surface area contributed by atoms with Crippen LogP contribution in [0.3, 0.4) is 0 Å². The average molecular weight is 339 g/mol. The molecule has 1 aromatic heterocycles. The third-order valence-electron chi connectivity index (χ3n) is 3.30. The molecule has 122 valence electrons. The van der Waals surface area contributed by atoms with Crippen molar-refractivity contribution in [3.8, 4) is 11.4 Å². The Bertz CT molecular complexity index is 830. The lowest BCUT2D eigenvalue weighted by Gasteiger charge is -2.20. The molecule has 0 radical (unpaired) electrons. The minimum absolute atomic E-state index is 0.107. The highest BCUT2D eigenvalue weighted by Gasteiger charge is 2.36. The second kappa shape index (κ2) is 5.63. The summed E-state index contributed by atoms with van der Waals surface area (Å²) in [5.41, 5.74) is 1.13. The van der Waals surface area contributed by atoms with E-state index in [1.165, 1.54) is 4.90 Å². The zero-order valence-corrected chi connectivity index (χ0v) is 12.9. The van der Waals surface area contributed by atoms with E-state index in [9.17, 15) is 13.2 Å². The smallest absolute Gasteiger partial charge is 0.414 e. The van der Waals surface area contributed by atoms with Gasteiger partial charge in [-0.25, -0.2) is 4.79 Å². The summed E-state index contributed by atoms with van der Waals surface area (Å²) in [7, 11) is -4.23. The van der Waals surface area contributed by atoms with E-state index in [1.54, 1.807) is 31.2 Å². The molecule has 1 N–H and O–H groups in total. The standard InChI is InChI=1S/C13H13N3O6S/c1-8-14-12(15-22-8)9-2-4-10(5-3-9)16-11(6-21-13(16)17)7-23(18,19)20/h2-5,11H,6-7H2,1H3,(H,18,19,20). The number of benzene rings is 1. The Labute approximate surface area is 131 Å². The van der Waals surface area contributed by atoms with Crippen LogP contribution in [0.2, 0.25) is 0 Å². The quantitative estimate of drug-likeness (QED) is 0.826. The first-order valence-electron chi connectivity index (χ1n) is 6.65. The van der Waals surface area contributed by atoms with Crippen molar-refractivity contribution in [3.63, 3.8) is 0 Å². The Balaban J connectivity index is 1.86. The van der Waals surface area contributed by atoms with Gasteiger partial charge in [-0.2, -0.15) is 13.4 Å². The van der Waals surface area contributed by atoms with Crippen LogP contribution in [0, 0.1) is 6.92 Å². The van der Waals surface area contributed by atoms with E-state index in [2.05, 4.69) is 10.1 Å². The molecule has 9 nitrogen and oxygen atoms in total. The van der Waals surface area contributed by atoms with E-state index >= 15 is 0 Å². The molecule has 0 aliphatic carbocycles. The van der Waals surface area contributed by atoms with Crippen molar-refractivity contribution in [1.82, 2.24) is 10.1 Å². The highest BCUT2D eigenvalue weighted by atomic mass is 32.2. The number of anilines is 1. The van der Waals surface area contributed by atoms with Crippen molar-refractivity contribution in [2.75, 3.05) is 17.3 Å². The van der Waals surface area contributed by atoms with Crippen LogP contribution in [0.1, 0.15) is 5.89 Å². The van der Waals surface area contributed by atoms with E-state index in [1.807, 2.05) is 0 Å². The first kappa shape index (κ1) is 15.4. The predicted molar refractivity (Wildman–Crippen MR) is 78.5 cm³/mol. The maximum Gasteiger partial charge on any atom is 0.414 e. The van der Waals surface area contributed by atoms with Gasteiger partial charge < -0.3 is 9.26 Å². The molecule has 0 spiro atoms. The molecule has 1 aliphatic rings. The molecule has 2 aromatic rings. The summed E-state index contributed by atoms with van der Waals surface area (Å²) in [6.07, 6.45) is -0.665. The molecule has 23 heavy (non-hydrogen) atoms. The van der Waals surface area contributed by atoms with Gasteiger partial charge >= 0.3 is 6.09 Å². The highest BCUT2D eigenvalue weighted by Crippen LogP contribution is 2.26. The van der Waals surface area contributed by atoms with Crippen LogP contribution in [0.25, 0.3) is 11.4 Å². The number of ether oxygens (including phenoxy) is 1. The maximum atomic E-state index is 11.8. The Morgan fingerprint density at radius 1 is 1.35 bits per heavy atom. The van der Waals surface area contributed by atoms with Crippen LogP contribution in [-0.2, 0) is 14.9 Å². The fourth-order valence-electron chi connectivity index (χ4n) is 2.33. The fraction of sp³-hybridized carbons (Fsp3) is 0.308. The van der Waals surface area contributed by atoms with Gasteiger partial charge in [0.2, 0.25) is 11.7 Å². The maximum absolute atomic E-state index is 11.8. The van der Waals surface area contributed by atoms with Crippen molar-refractivity contribution in [2.45, 2.75) is 13.0 Å². The monoisotopic (exact) mass is 339 g/mol. The molecule has 0 saturated carbocycles. The molecular weight excluding hydrogens is 326 g/mol. The van der Waals surface area contributed by atoms with Gasteiger partial charge in [-0.1, -0.05) is 5.16 Å². The van der Waals surface area contributed by atoms with E-state index in [-0.39, 0.29) is 6.61 Å². The molecule has 1 aliphatic heterocycles. The molecule has 2 heterocycles. The molecule has 1 unspecified atom stereocenters. The summed E-state index contributed by atoms with van der Waals surface area (Å²) >= 11 is 0. The number of rotatable bonds is 4. The van der Waals surface area contributed by atoms with Gasteiger partial charge in [0, 0.05) is 18.2 Å². The highest BCUT2D eigenvalue weighted by molar-refractivity contribution is 7.85. The zero-order valence-electron chi connectivity index (χ0n) is 12.0. The van der Waals surface area contributed by atoms with Gasteiger partial charge in [0.05, 0.1) is 11.8 Å². The van der Waals surface area contributed by atoms with E-state index in [4.69, 9.17) is 13.8 Å². The van der Waals surface area contributed by atoms with Gasteiger partial charge in [-0.15, -0.1) is 0 Å². The van der Waals surface area contributed by atoms with Crippen LogP contribution >= 0.6 is 0 Å². The number of aromatic nitrogens is 2. The third-order valence-corrected chi connectivity index (χ3v) is 4.10. The predicted octanol–water partition coefficient (Wildman–Crippen LogP) is 1.26. The lowest BCUT2D eigenvalue weighted by atomic mass is 10.1. The molecule has 1 aromatic carbocycles. The summed E-state index contributed by atoms with van der Waals surface area (Å²) in [6.45, 7) is 1.56. The summed E-state index contributed by atoms with van der Waals surface area (Å²) in [5, 5.41) is 3.79. The summed E-state index contributed by atoms with van der Waals surface area (Å²) < 4.78 is 40.8. The largest absolute Gasteiger partial charge is 0.447 e. The second-order valence-electron chi connectivity index (χ2n) is 5.03. The minimum Gasteiger partial charge on any atom is -0.447 e. The van der Waals surface area contributed by atoms with Crippen molar-refractivity contribution >= 4 is 21.9 Å². The summed E-state index contributed by atoms with van der Waals surface area (Å²) in [5.74, 6) is 0.248. The normalized spacial score (nSPS) is 18.3. The number of hydrogen-bond donors (Lipinski definition) is 1. The Morgan fingerprint density at radius 2 is 2.04 bits per heavy atom. The summed E-state index contributed by atoms with van der Waals surface area (Å²) in [4.78, 5) is 17.1. The minimum atomic E-state index is -4.23. The van der Waals surface area contributed by atoms with E-state index in [0.717, 1.165) is 0 Å². The van der Waals surface area contributed by atoms with Crippen LogP contribution in [0.4, 0.5) is 10.5 Å². The van der Waals surface area contributed by atoms with Gasteiger partial charge in [0.15, 0.2) is 0 Å². The molecule has 1 saturated heterocycles. The number of aryl methyl sites for hydroxylation is 1. The van der Waals surface area contributed by atoms with Gasteiger partial charge in [-0.05, 0) is 24.3 Å². The summed E-state index contributed by atoms with van der Waals surface area (Å²) in [6, 6.07) is 5.80.